The van der Waals surface area contributed by atoms with Crippen LogP contribution in [-0.2, 0) is 5.41 Å². The molecule has 1 aliphatic carbocycles. The Morgan fingerprint density at radius 3 is 0.845 bits per heavy atom. The first-order valence-corrected chi connectivity index (χ1v) is 50.6. The van der Waals surface area contributed by atoms with Crippen molar-refractivity contribution in [3.63, 3.8) is 0 Å². The van der Waals surface area contributed by atoms with E-state index in [4.69, 9.17) is 24.9 Å². The molecule has 0 spiro atoms. The van der Waals surface area contributed by atoms with Gasteiger partial charge in [-0.3, -0.25) is 0 Å². The Kier molecular flexibility index (Phi) is 24.2. The molecule has 0 radical (unpaired) electrons. The first-order chi connectivity index (χ1) is 73.2. The zero-order valence-electron chi connectivity index (χ0n) is 81.5. The van der Waals surface area contributed by atoms with E-state index in [1.54, 1.807) is 0 Å². The van der Waals surface area contributed by atoms with Crippen LogP contribution in [0.3, 0.4) is 0 Å². The molecule has 0 aliphatic heterocycles. The van der Waals surface area contributed by atoms with E-state index >= 15 is 0 Å². The summed E-state index contributed by atoms with van der Waals surface area (Å²) in [6.07, 6.45) is 0. The Morgan fingerprint density at radius 1 is 0.135 bits per heavy atom. The van der Waals surface area contributed by atoms with E-state index in [2.05, 4.69) is 541 Å². The quantitative estimate of drug-likeness (QED) is 0.0671. The van der Waals surface area contributed by atoms with E-state index in [1.165, 1.54) is 143 Å². The van der Waals surface area contributed by atoms with E-state index in [1.807, 2.05) is 36.4 Å². The molecule has 1 unspecified atom stereocenters. The lowest BCUT2D eigenvalue weighted by molar-refractivity contribution is 0.714. The number of hydrogen-bond donors (Lipinski definition) is 0. The molecule has 27 rings (SSSR count). The van der Waals surface area contributed by atoms with Crippen LogP contribution in [0.4, 0.5) is 0 Å². The van der Waals surface area contributed by atoms with Gasteiger partial charge in [0.2, 0.25) is 0 Å². The number of pyridine rings is 2. The maximum absolute atomic E-state index is 5.22. The summed E-state index contributed by atoms with van der Waals surface area (Å²) >= 11 is 0. The number of fused-ring (bicyclic) bond motifs is 9. The highest BCUT2D eigenvalue weighted by molar-refractivity contribution is 6.24. The van der Waals surface area contributed by atoms with Crippen molar-refractivity contribution < 1.29 is 0 Å². The fraction of sp³-hybridized carbons (Fsp3) is 0.0140. The molecule has 3 heterocycles. The van der Waals surface area contributed by atoms with Gasteiger partial charge in [0.1, 0.15) is 0 Å². The molecule has 148 heavy (non-hydrogen) atoms. The highest BCUT2D eigenvalue weighted by Gasteiger charge is 2.41. The van der Waals surface area contributed by atoms with Crippen LogP contribution in [-0.4, -0.2) is 24.9 Å². The molecular formula is C143H97N5. The Hall–Kier alpha value is -19.3. The number of aromatic nitrogens is 5. The number of hydrogen-bond acceptors (Lipinski definition) is 5. The molecule has 0 N–H and O–H groups in total. The molecule has 1 atom stereocenters. The smallest absolute Gasteiger partial charge is 0.164 e. The zero-order valence-corrected chi connectivity index (χ0v) is 81.5. The summed E-state index contributed by atoms with van der Waals surface area (Å²) in [4.78, 5) is 25.8. The van der Waals surface area contributed by atoms with Crippen molar-refractivity contribution in [1.29, 1.82) is 0 Å². The Balaban J connectivity index is 0.000000119. The second kappa shape index (κ2) is 39.9. The average molecular weight is 1890 g/mol. The molecule has 0 bridgehead atoms. The molecule has 0 amide bonds. The molecule has 5 nitrogen and oxygen atoms in total. The zero-order chi connectivity index (χ0) is 98.6. The van der Waals surface area contributed by atoms with Crippen LogP contribution in [0.15, 0.2) is 570 Å². The number of benzene rings is 23. The minimum Gasteiger partial charge on any atom is -0.248 e. The molecule has 0 saturated heterocycles. The third-order valence-corrected chi connectivity index (χ3v) is 29.2. The second-order valence-corrected chi connectivity index (χ2v) is 38.1. The predicted octanol–water partition coefficient (Wildman–Crippen LogP) is 37.8. The molecule has 0 saturated carbocycles. The first-order valence-electron chi connectivity index (χ1n) is 50.6. The largest absolute Gasteiger partial charge is 0.248 e. The van der Waals surface area contributed by atoms with Crippen molar-refractivity contribution in [2.75, 3.05) is 0 Å². The average Bonchev–Trinajstić information content (AvgIpc) is 1.44. The summed E-state index contributed by atoms with van der Waals surface area (Å²) in [7, 11) is 0. The SMILES string of the molecule is CC1(c2ccccc2)c2ccccc2-c2ccc(-c3nc(-c4ccc(-c5ccc(-c6ccccc6)cc5)cc4)nc(-c4ccc(-c5ccc(-c6ccccc6)cc5)cc4)n3)cc21.c1ccc(-c2cc(-c3ccc(-c4c5ccccc5c(-c5cccc6ccccc56)c5ccccc45)cc3)cc(-c3ccccc3)n2)cc1.c1ccc(-c2ccc(-c3cc(-c4ccc5c(ccc6ccccc65)c4)cc(-c4ccccc4)n3)cc2)cc1. The van der Waals surface area contributed by atoms with Gasteiger partial charge in [0.15, 0.2) is 17.5 Å². The molecule has 1 aliphatic rings. The molecule has 5 heteroatoms. The topological polar surface area (TPSA) is 64.5 Å². The summed E-state index contributed by atoms with van der Waals surface area (Å²) in [6.45, 7) is 2.34. The summed E-state index contributed by atoms with van der Waals surface area (Å²) in [5.41, 5.74) is 38.6. The van der Waals surface area contributed by atoms with Crippen LogP contribution in [0.2, 0.25) is 0 Å². The van der Waals surface area contributed by atoms with Gasteiger partial charge < -0.3 is 0 Å². The third-order valence-electron chi connectivity index (χ3n) is 29.2. The standard InChI is InChI=1S/C59H41N3.C47H31N.C37H25N/c1-59(51-17-9-4-10-18-51)54-20-12-11-19-52(54)53-38-37-50(39-55(53)59)58-61-56(48-33-29-46(30-34-48)44-25-21-42(22-26-44)40-13-5-2-6-14-40)60-57(62-58)49-35-31-47(32-36-49)45-27-23-43(24-28-45)41-15-7-3-8-16-41;1-3-15-34(16-4-1)44-30-37(31-45(48-44)35-17-5-2-6-18-35)32-26-28-36(29-27-32)46-40-21-9-11-23-42(40)47(43-24-12-10-22-41(43)46)39-25-13-19-33-14-7-8-20-38(33)39;1-3-9-26(10-4-1)27-15-18-30(19-16-27)37-25-33(24-36(38-37)29-12-5-2-6-13-29)31-21-22-35-32(23-31)20-17-28-11-7-8-14-34(28)35/h2-39H,1H3;1-31H;1-25H. The molecule has 26 aromatic rings. The predicted molar refractivity (Wildman–Crippen MR) is 620 cm³/mol. The van der Waals surface area contributed by atoms with Crippen molar-refractivity contribution in [1.82, 2.24) is 24.9 Å². The Morgan fingerprint density at radius 2 is 0.405 bits per heavy atom. The molecule has 694 valence electrons. The van der Waals surface area contributed by atoms with Gasteiger partial charge in [-0.05, 0) is 225 Å². The lowest BCUT2D eigenvalue weighted by Crippen LogP contribution is -2.22. The van der Waals surface area contributed by atoms with Crippen molar-refractivity contribution in [3.05, 3.63) is 587 Å². The highest BCUT2D eigenvalue weighted by Crippen LogP contribution is 2.54. The monoisotopic (exact) mass is 1880 g/mol. The highest BCUT2D eigenvalue weighted by atomic mass is 15.0. The summed E-state index contributed by atoms with van der Waals surface area (Å²) < 4.78 is 0. The van der Waals surface area contributed by atoms with Crippen LogP contribution < -0.4 is 0 Å². The van der Waals surface area contributed by atoms with E-state index in [-0.39, 0.29) is 5.41 Å². The number of rotatable bonds is 17. The maximum Gasteiger partial charge on any atom is 0.164 e. The number of nitrogens with zero attached hydrogens (tertiary/aromatic N) is 5. The van der Waals surface area contributed by atoms with Crippen LogP contribution in [0, 0.1) is 0 Å². The van der Waals surface area contributed by atoms with Gasteiger partial charge in [-0.2, -0.15) is 0 Å². The van der Waals surface area contributed by atoms with Gasteiger partial charge in [0, 0.05) is 44.4 Å². The van der Waals surface area contributed by atoms with Gasteiger partial charge in [-0.25, -0.2) is 24.9 Å². The van der Waals surface area contributed by atoms with Crippen molar-refractivity contribution in [3.8, 4) is 190 Å². The van der Waals surface area contributed by atoms with Gasteiger partial charge >= 0.3 is 0 Å². The van der Waals surface area contributed by atoms with E-state index in [0.29, 0.717) is 17.5 Å². The van der Waals surface area contributed by atoms with Crippen molar-refractivity contribution >= 4 is 53.9 Å². The van der Waals surface area contributed by atoms with Crippen LogP contribution in [0.5, 0.6) is 0 Å². The minimum absolute atomic E-state index is 0.341. The van der Waals surface area contributed by atoms with Gasteiger partial charge in [-0.15, -0.1) is 0 Å². The van der Waals surface area contributed by atoms with Gasteiger partial charge in [-0.1, -0.05) is 534 Å². The molecular weight excluding hydrogens is 1790 g/mol. The van der Waals surface area contributed by atoms with Crippen molar-refractivity contribution in [2.24, 2.45) is 0 Å². The lowest BCUT2D eigenvalue weighted by atomic mass is 9.74. The third kappa shape index (κ3) is 17.9. The normalized spacial score (nSPS) is 12.4. The van der Waals surface area contributed by atoms with Crippen LogP contribution in [0.25, 0.3) is 244 Å². The second-order valence-electron chi connectivity index (χ2n) is 38.1. The summed E-state index contributed by atoms with van der Waals surface area (Å²) in [6, 6.07) is 203. The fourth-order valence-electron chi connectivity index (χ4n) is 21.5. The van der Waals surface area contributed by atoms with Gasteiger partial charge in [0.05, 0.1) is 22.8 Å². The van der Waals surface area contributed by atoms with E-state index < -0.39 is 0 Å². The maximum atomic E-state index is 5.22. The van der Waals surface area contributed by atoms with Gasteiger partial charge in [0.25, 0.3) is 0 Å². The molecule has 3 aromatic heterocycles. The van der Waals surface area contributed by atoms with Crippen LogP contribution >= 0.6 is 0 Å². The molecule has 23 aromatic carbocycles. The molecule has 0 fully saturated rings. The first kappa shape index (κ1) is 90.0. The lowest BCUT2D eigenvalue weighted by Gasteiger charge is -2.28. The fourth-order valence-corrected chi connectivity index (χ4v) is 21.5. The van der Waals surface area contributed by atoms with E-state index in [9.17, 15) is 0 Å². The Labute approximate surface area is 862 Å². The summed E-state index contributed by atoms with van der Waals surface area (Å²) in [5, 5.41) is 12.6. The van der Waals surface area contributed by atoms with Crippen molar-refractivity contribution in [2.45, 2.75) is 12.3 Å². The van der Waals surface area contributed by atoms with E-state index in [0.717, 1.165) is 101 Å². The minimum atomic E-state index is -0.341. The summed E-state index contributed by atoms with van der Waals surface area (Å²) in [5.74, 6) is 1.90. The van der Waals surface area contributed by atoms with Crippen LogP contribution in [0.1, 0.15) is 23.6 Å². The Bertz CT molecular complexity index is 9090.